The van der Waals surface area contributed by atoms with Gasteiger partial charge in [0.05, 0.1) is 0 Å². The largest absolute Gasteiger partial charge is 0.414 e. The van der Waals surface area contributed by atoms with Crippen molar-refractivity contribution in [2.45, 2.75) is 12.8 Å². The van der Waals surface area contributed by atoms with Crippen LogP contribution in [0.1, 0.15) is 12.8 Å². The first-order valence-electron chi connectivity index (χ1n) is 2.42. The number of hydrogen-bond donors (Lipinski definition) is 1. The van der Waals surface area contributed by atoms with E-state index in [-0.39, 0.29) is 25.2 Å². The molecule has 0 spiro atoms. The van der Waals surface area contributed by atoms with Crippen molar-refractivity contribution in [2.75, 3.05) is 0 Å². The molecule has 0 radical (unpaired) electrons. The second kappa shape index (κ2) is 4.96. The van der Waals surface area contributed by atoms with E-state index in [1.54, 1.807) is 0 Å². The molecule has 0 aromatic heterocycles. The smallest absolute Gasteiger partial charge is 0.299 e. The summed E-state index contributed by atoms with van der Waals surface area (Å²) in [5.41, 5.74) is 0. The van der Waals surface area contributed by atoms with Crippen molar-refractivity contribution in [3.05, 3.63) is 0 Å². The number of nitrogens with one attached hydrogen (secondary N) is 1. The van der Waals surface area contributed by atoms with Crippen LogP contribution in [0.5, 0.6) is 0 Å². The molecule has 0 aromatic carbocycles. The average molecular weight is 129 g/mol. The summed E-state index contributed by atoms with van der Waals surface area (Å²) in [5.74, 6) is -0.169. The lowest BCUT2D eigenvalue weighted by Crippen LogP contribution is -2.00. The first-order chi connectivity index (χ1) is 4.31. The highest BCUT2D eigenvalue weighted by molar-refractivity contribution is 5.80. The fourth-order valence-corrected chi connectivity index (χ4v) is 0.307. The highest BCUT2D eigenvalue weighted by atomic mass is 16.5. The van der Waals surface area contributed by atoms with Crippen molar-refractivity contribution >= 4 is 18.7 Å². The van der Waals surface area contributed by atoms with E-state index in [0.29, 0.717) is 6.29 Å². The molecule has 0 aliphatic heterocycles. The first-order valence-corrected chi connectivity index (χ1v) is 2.42. The summed E-state index contributed by atoms with van der Waals surface area (Å²) < 4.78 is 4.09. The number of ether oxygens (including phenoxy) is 1. The van der Waals surface area contributed by atoms with Gasteiger partial charge in [0.2, 0.25) is 0 Å². The Bertz CT molecular complexity index is 121. The molecule has 0 saturated carbocycles. The Kier molecular flexibility index (Phi) is 4.30. The molecule has 0 aromatic rings. The van der Waals surface area contributed by atoms with E-state index in [4.69, 9.17) is 5.41 Å². The minimum absolute atomic E-state index is 0.169. The van der Waals surface area contributed by atoms with Crippen LogP contribution in [-0.4, -0.2) is 18.7 Å². The van der Waals surface area contributed by atoms with Crippen LogP contribution in [0.3, 0.4) is 0 Å². The molecule has 0 aliphatic carbocycles. The van der Waals surface area contributed by atoms with Gasteiger partial charge in [-0.25, -0.2) is 0 Å². The van der Waals surface area contributed by atoms with Crippen LogP contribution in [0, 0.1) is 5.41 Å². The zero-order valence-electron chi connectivity index (χ0n) is 4.79. The minimum Gasteiger partial charge on any atom is -0.414 e. The Morgan fingerprint density at radius 2 is 2.22 bits per heavy atom. The van der Waals surface area contributed by atoms with Crippen LogP contribution < -0.4 is 0 Å². The predicted molar refractivity (Wildman–Crippen MR) is 30.2 cm³/mol. The molecule has 0 amide bonds. The minimum atomic E-state index is -0.169. The van der Waals surface area contributed by atoms with Gasteiger partial charge in [0.15, 0.2) is 5.90 Å². The molecule has 50 valence electrons. The molecule has 4 heteroatoms. The van der Waals surface area contributed by atoms with Gasteiger partial charge in [-0.2, -0.15) is 0 Å². The van der Waals surface area contributed by atoms with Crippen molar-refractivity contribution in [3.63, 3.8) is 0 Å². The quantitative estimate of drug-likeness (QED) is 0.333. The molecule has 0 heterocycles. The average Bonchev–Trinajstić information content (AvgIpc) is 1.85. The third-order valence-corrected chi connectivity index (χ3v) is 0.680. The summed E-state index contributed by atoms with van der Waals surface area (Å²) in [6.45, 7) is 0.174. The van der Waals surface area contributed by atoms with Crippen LogP contribution in [0.4, 0.5) is 0 Å². The molecule has 0 rings (SSSR count). The maximum absolute atomic E-state index is 9.67. The molecule has 0 atom stereocenters. The lowest BCUT2D eigenvalue weighted by atomic mass is 10.3. The predicted octanol–water partition coefficient (Wildman–Crippen LogP) is 0.116. The molecule has 1 N–H and O–H groups in total. The van der Waals surface area contributed by atoms with Crippen LogP contribution in [-0.2, 0) is 14.3 Å². The molecule has 0 fully saturated rings. The summed E-state index contributed by atoms with van der Waals surface area (Å²) in [4.78, 5) is 19.2. The third kappa shape index (κ3) is 4.67. The second-order valence-corrected chi connectivity index (χ2v) is 1.34. The van der Waals surface area contributed by atoms with E-state index in [9.17, 15) is 9.59 Å². The second-order valence-electron chi connectivity index (χ2n) is 1.34. The number of carbonyl (C=O) groups is 2. The highest BCUT2D eigenvalue weighted by Crippen LogP contribution is 1.86. The number of rotatable bonds is 4. The Labute approximate surface area is 52.3 Å². The van der Waals surface area contributed by atoms with Crippen molar-refractivity contribution in [3.8, 4) is 0 Å². The number of aldehydes is 1. The topological polar surface area (TPSA) is 67.2 Å². The molecule has 4 nitrogen and oxygen atoms in total. The van der Waals surface area contributed by atoms with Crippen LogP contribution >= 0.6 is 0 Å². The molecule has 0 unspecified atom stereocenters. The van der Waals surface area contributed by atoms with Gasteiger partial charge in [0, 0.05) is 12.8 Å². The summed E-state index contributed by atoms with van der Waals surface area (Å²) in [5, 5.41) is 6.78. The van der Waals surface area contributed by atoms with Gasteiger partial charge in [-0.05, 0) is 0 Å². The van der Waals surface area contributed by atoms with Gasteiger partial charge in [0.1, 0.15) is 6.29 Å². The normalized spacial score (nSPS) is 8.00. The van der Waals surface area contributed by atoms with E-state index in [0.717, 1.165) is 0 Å². The summed E-state index contributed by atoms with van der Waals surface area (Å²) >= 11 is 0. The maximum atomic E-state index is 9.67. The van der Waals surface area contributed by atoms with E-state index in [1.807, 2.05) is 0 Å². The van der Waals surface area contributed by atoms with Crippen LogP contribution in [0.25, 0.3) is 0 Å². The fraction of sp³-hybridized carbons (Fsp3) is 0.400. The zero-order valence-corrected chi connectivity index (χ0v) is 4.79. The van der Waals surface area contributed by atoms with E-state index in [2.05, 4.69) is 4.74 Å². The highest BCUT2D eigenvalue weighted by Gasteiger charge is 1.93. The lowest BCUT2D eigenvalue weighted by Gasteiger charge is -1.93. The third-order valence-electron chi connectivity index (χ3n) is 0.680. The molecule has 9 heavy (non-hydrogen) atoms. The Hall–Kier alpha value is -1.19. The Balaban J connectivity index is 3.26. The number of carbonyl (C=O) groups excluding carboxylic acids is 2. The molecule has 0 bridgehead atoms. The Morgan fingerprint density at radius 1 is 1.56 bits per heavy atom. The number of hydrogen-bond acceptors (Lipinski definition) is 4. The van der Waals surface area contributed by atoms with Crippen LogP contribution in [0.15, 0.2) is 0 Å². The first kappa shape index (κ1) is 7.81. The monoisotopic (exact) mass is 129 g/mol. The zero-order chi connectivity index (χ0) is 7.11. The lowest BCUT2D eigenvalue weighted by molar-refractivity contribution is -0.122. The SMILES string of the molecule is N=C(CCC=O)OC=O. The van der Waals surface area contributed by atoms with Gasteiger partial charge in [-0.3, -0.25) is 10.2 Å². The molecular formula is C5H7NO3. The van der Waals surface area contributed by atoms with Crippen molar-refractivity contribution < 1.29 is 14.3 Å². The summed E-state index contributed by atoms with van der Waals surface area (Å²) in [6.07, 6.45) is 1.09. The fourth-order valence-electron chi connectivity index (χ4n) is 0.307. The van der Waals surface area contributed by atoms with Gasteiger partial charge in [-0.15, -0.1) is 0 Å². The van der Waals surface area contributed by atoms with Gasteiger partial charge >= 0.3 is 0 Å². The van der Waals surface area contributed by atoms with Crippen molar-refractivity contribution in [1.29, 1.82) is 5.41 Å². The standard InChI is InChI=1S/C5H7NO3/c6-5(9-4-8)2-1-3-7/h3-4,6H,1-2H2. The van der Waals surface area contributed by atoms with Crippen molar-refractivity contribution in [1.82, 2.24) is 0 Å². The Morgan fingerprint density at radius 3 is 2.67 bits per heavy atom. The molecule has 0 aliphatic rings. The molecular weight excluding hydrogens is 122 g/mol. The summed E-state index contributed by atoms with van der Waals surface area (Å²) in [6, 6.07) is 0. The van der Waals surface area contributed by atoms with E-state index >= 15 is 0 Å². The van der Waals surface area contributed by atoms with Crippen molar-refractivity contribution in [2.24, 2.45) is 0 Å². The molecule has 0 saturated heterocycles. The summed E-state index contributed by atoms with van der Waals surface area (Å²) in [7, 11) is 0. The van der Waals surface area contributed by atoms with Crippen LogP contribution in [0.2, 0.25) is 0 Å². The van der Waals surface area contributed by atoms with E-state index < -0.39 is 0 Å². The van der Waals surface area contributed by atoms with Gasteiger partial charge in [0.25, 0.3) is 6.47 Å². The van der Waals surface area contributed by atoms with E-state index in [1.165, 1.54) is 0 Å². The van der Waals surface area contributed by atoms with Gasteiger partial charge < -0.3 is 9.53 Å². The van der Waals surface area contributed by atoms with Gasteiger partial charge in [-0.1, -0.05) is 0 Å². The maximum Gasteiger partial charge on any atom is 0.299 e.